The third-order valence-corrected chi connectivity index (χ3v) is 2.73. The molecule has 0 heterocycles. The monoisotopic (exact) mass is 345 g/mol. The minimum absolute atomic E-state index is 1.17. The van der Waals surface area contributed by atoms with Gasteiger partial charge in [0.1, 0.15) is 0 Å². The Hall–Kier alpha value is -1.64. The van der Waals surface area contributed by atoms with Gasteiger partial charge in [0.05, 0.1) is 40.0 Å². The molecule has 1 aromatic carbocycles. The highest BCUT2D eigenvalue weighted by molar-refractivity contribution is 5.95. The lowest BCUT2D eigenvalue weighted by Gasteiger charge is -2.18. The van der Waals surface area contributed by atoms with Gasteiger partial charge in [-0.05, 0) is 5.56 Å². The van der Waals surface area contributed by atoms with Crippen molar-refractivity contribution >= 4 is 11.5 Å². The van der Waals surface area contributed by atoms with Crippen LogP contribution in [-0.2, 0) is 0 Å². The van der Waals surface area contributed by atoms with Crippen LogP contribution in [0.4, 0.5) is 0 Å². The van der Waals surface area contributed by atoms with E-state index < -0.39 is 10.2 Å². The molecule has 1 rings (SSSR count). The Labute approximate surface area is 139 Å². The summed E-state index contributed by atoms with van der Waals surface area (Å²) in [7, 11) is 7.44. The van der Waals surface area contributed by atoms with E-state index in [1.54, 1.807) is 0 Å². The van der Waals surface area contributed by atoms with E-state index in [1.807, 2.05) is 6.07 Å². The number of hydrogen-bond acceptors (Lipinski definition) is 5. The lowest BCUT2D eigenvalue weighted by molar-refractivity contribution is -2.00. The number of rotatable bonds is 3. The summed E-state index contributed by atoms with van der Waals surface area (Å²) in [6.45, 7) is 0. The van der Waals surface area contributed by atoms with Crippen molar-refractivity contribution in [3.63, 3.8) is 0 Å². The molecular weight excluding hydrogens is 322 g/mol. The number of amidine groups is 1. The Morgan fingerprint density at radius 3 is 1.65 bits per heavy atom. The van der Waals surface area contributed by atoms with Crippen LogP contribution >= 0.6 is 0 Å². The molecule has 0 unspecified atom stereocenters. The Morgan fingerprint density at radius 1 is 0.913 bits per heavy atom. The minimum atomic E-state index is -4.94. The van der Waals surface area contributed by atoms with Gasteiger partial charge in [-0.15, -0.1) is 10.2 Å². The average molecular weight is 346 g/mol. The summed E-state index contributed by atoms with van der Waals surface area (Å²) in [5.74, 6) is 1.17. The van der Waals surface area contributed by atoms with E-state index in [9.17, 15) is 0 Å². The van der Waals surface area contributed by atoms with Gasteiger partial charge in [-0.3, -0.25) is 9.48 Å². The second-order valence-electron chi connectivity index (χ2n) is 5.32. The molecule has 130 valence electrons. The number of likely N-dealkylation sites (N-methyl/N-ethyl adjacent to an activating group) is 1. The number of benzene rings is 1. The van der Waals surface area contributed by atoms with Crippen LogP contribution in [0.15, 0.2) is 36.4 Å². The van der Waals surface area contributed by atoms with E-state index in [0.29, 0.717) is 0 Å². The molecule has 7 nitrogen and oxygen atoms in total. The average Bonchev–Trinajstić information content (AvgIpc) is 2.37. The van der Waals surface area contributed by atoms with E-state index in [2.05, 4.69) is 87.0 Å². The maximum Gasteiger partial charge on any atom is 0.273 e. The molecule has 1 aromatic rings. The van der Waals surface area contributed by atoms with Crippen LogP contribution in [0.3, 0.4) is 0 Å². The lowest BCUT2D eigenvalue weighted by Crippen LogP contribution is -2.68. The topological polar surface area (TPSA) is 102 Å². The Morgan fingerprint density at radius 2 is 1.35 bits per heavy atom. The first-order valence-electron chi connectivity index (χ1n) is 6.71. The molecule has 0 saturated carbocycles. The predicted molar refractivity (Wildman–Crippen MR) is 78.9 cm³/mol. The molecule has 0 radical (unpaired) electrons. The highest BCUT2D eigenvalue weighted by atomic mass is 35.7. The number of halogens is 1. The fourth-order valence-corrected chi connectivity index (χ4v) is 1.86. The van der Waals surface area contributed by atoms with E-state index in [4.69, 9.17) is 18.6 Å². The van der Waals surface area contributed by atoms with Crippen molar-refractivity contribution in [1.82, 2.24) is 9.80 Å². The molecule has 0 N–H and O–H groups in total. The van der Waals surface area contributed by atoms with Gasteiger partial charge in [0.25, 0.3) is 5.84 Å². The molecule has 0 fully saturated rings. The molecule has 23 heavy (non-hydrogen) atoms. The van der Waals surface area contributed by atoms with Crippen LogP contribution in [0.25, 0.3) is 5.70 Å². The summed E-state index contributed by atoms with van der Waals surface area (Å²) in [4.78, 5) is 4.26. The first-order chi connectivity index (χ1) is 10.4. The molecule has 0 aliphatic carbocycles. The zero-order chi connectivity index (χ0) is 18.2. The summed E-state index contributed by atoms with van der Waals surface area (Å²) < 4.78 is 36.1. The molecule has 8 heteroatoms. The van der Waals surface area contributed by atoms with Crippen molar-refractivity contribution < 1.29 is 33.5 Å². The van der Waals surface area contributed by atoms with Gasteiger partial charge in [-0.2, -0.15) is 0 Å². The zero-order valence-corrected chi connectivity index (χ0v) is 15.1. The zero-order valence-electron chi connectivity index (χ0n) is 14.3. The predicted octanol–water partition coefficient (Wildman–Crippen LogP) is -2.93. The van der Waals surface area contributed by atoms with Crippen molar-refractivity contribution in [2.75, 3.05) is 42.3 Å². The summed E-state index contributed by atoms with van der Waals surface area (Å²) in [6.07, 6.45) is 2.20. The normalized spacial score (nSPS) is 11.3. The Bertz CT molecular complexity index is 527. The Balaban J connectivity index is 0.000000841. The molecule has 0 atom stereocenters. The van der Waals surface area contributed by atoms with Gasteiger partial charge < -0.3 is 4.90 Å². The SMILES string of the molecule is CN(C)C(/C=C(\c1ccccc1)N(C)C)=[N+](C)C.[O-][Cl+3]([O-])([O-])[O-]. The van der Waals surface area contributed by atoms with E-state index >= 15 is 0 Å². The molecule has 0 bridgehead atoms. The molecular formula is C15H24ClN3O4. The molecule has 0 spiro atoms. The Kier molecular flexibility index (Phi) is 8.81. The fraction of sp³-hybridized carbons (Fsp3) is 0.400. The van der Waals surface area contributed by atoms with Crippen LogP contribution in [0.1, 0.15) is 5.56 Å². The van der Waals surface area contributed by atoms with Crippen molar-refractivity contribution in [1.29, 1.82) is 0 Å². The number of nitrogens with zero attached hydrogens (tertiary/aromatic N) is 3. The maximum atomic E-state index is 8.49. The van der Waals surface area contributed by atoms with Gasteiger partial charge in [0.2, 0.25) is 0 Å². The lowest BCUT2D eigenvalue weighted by atomic mass is 10.1. The highest BCUT2D eigenvalue weighted by Crippen LogP contribution is 2.16. The minimum Gasteiger partial charge on any atom is -0.377 e. The van der Waals surface area contributed by atoms with Crippen LogP contribution in [0.5, 0.6) is 0 Å². The third-order valence-electron chi connectivity index (χ3n) is 2.73. The molecule has 0 aliphatic heterocycles. The van der Waals surface area contributed by atoms with Crippen LogP contribution in [0, 0.1) is 10.2 Å². The van der Waals surface area contributed by atoms with Gasteiger partial charge in [0, 0.05) is 14.1 Å². The number of hydrogen-bond donors (Lipinski definition) is 0. The first-order valence-corrected chi connectivity index (χ1v) is 7.94. The molecule has 0 aromatic heterocycles. The smallest absolute Gasteiger partial charge is 0.273 e. The second-order valence-corrected chi connectivity index (χ2v) is 6.07. The van der Waals surface area contributed by atoms with Crippen LogP contribution in [0.2, 0.25) is 0 Å². The van der Waals surface area contributed by atoms with E-state index in [1.165, 1.54) is 17.1 Å². The van der Waals surface area contributed by atoms with Crippen molar-refractivity contribution in [2.45, 2.75) is 0 Å². The quantitative estimate of drug-likeness (QED) is 0.330. The van der Waals surface area contributed by atoms with Gasteiger partial charge in [-0.1, -0.05) is 30.3 Å². The second kappa shape index (κ2) is 9.49. The van der Waals surface area contributed by atoms with E-state index in [0.717, 1.165) is 0 Å². The summed E-state index contributed by atoms with van der Waals surface area (Å²) in [5.41, 5.74) is 2.43. The van der Waals surface area contributed by atoms with Crippen LogP contribution < -0.4 is 18.6 Å². The first kappa shape index (κ1) is 21.4. The largest absolute Gasteiger partial charge is 0.377 e. The van der Waals surface area contributed by atoms with Gasteiger partial charge >= 0.3 is 0 Å². The molecule has 0 aliphatic rings. The molecule has 0 saturated heterocycles. The standard InChI is InChI=1S/C15H24N3.ClHO4/c1-16(2)14(13-10-8-7-9-11-13)12-15(17(3)4)18(5)6;2-1(3,4)5/h7-12H,1-6H3;(H,2,3,4,5)/q+1;/p-1. The van der Waals surface area contributed by atoms with Crippen molar-refractivity contribution in [3.8, 4) is 0 Å². The van der Waals surface area contributed by atoms with Crippen molar-refractivity contribution in [3.05, 3.63) is 42.0 Å². The maximum absolute atomic E-state index is 8.49. The summed E-state index contributed by atoms with van der Waals surface area (Å²) in [6, 6.07) is 10.4. The van der Waals surface area contributed by atoms with Crippen molar-refractivity contribution in [2.24, 2.45) is 0 Å². The summed E-state index contributed by atoms with van der Waals surface area (Å²) in [5, 5.41) is 0. The van der Waals surface area contributed by atoms with Crippen LogP contribution in [-0.4, -0.2) is 62.5 Å². The fourth-order valence-electron chi connectivity index (χ4n) is 1.86. The third kappa shape index (κ3) is 9.88. The van der Waals surface area contributed by atoms with E-state index in [-0.39, 0.29) is 0 Å². The van der Waals surface area contributed by atoms with Gasteiger partial charge in [0.15, 0.2) is 0 Å². The summed E-state index contributed by atoms with van der Waals surface area (Å²) >= 11 is 0. The molecule has 0 amide bonds. The van der Waals surface area contributed by atoms with Gasteiger partial charge in [-0.25, -0.2) is 18.6 Å². The highest BCUT2D eigenvalue weighted by Gasteiger charge is 2.12.